The van der Waals surface area contributed by atoms with Gasteiger partial charge in [-0.05, 0) is 35.9 Å². The van der Waals surface area contributed by atoms with E-state index in [-0.39, 0.29) is 0 Å². The van der Waals surface area contributed by atoms with Crippen LogP contribution in [0.1, 0.15) is 0 Å². The van der Waals surface area contributed by atoms with Gasteiger partial charge in [0, 0.05) is 28.7 Å². The van der Waals surface area contributed by atoms with Crippen molar-refractivity contribution < 1.29 is 4.42 Å². The van der Waals surface area contributed by atoms with Gasteiger partial charge in [0.15, 0.2) is 0 Å². The molecule has 0 saturated carbocycles. The van der Waals surface area contributed by atoms with Crippen LogP contribution in [-0.2, 0) is 0 Å². The summed E-state index contributed by atoms with van der Waals surface area (Å²) in [5.74, 6) is 0. The first-order valence-corrected chi connectivity index (χ1v) is 6.15. The number of fused-ring (bicyclic) bond motifs is 3. The third-order valence-corrected chi connectivity index (χ3v) is 3.33. The first-order chi connectivity index (χ1) is 9.43. The molecule has 2 heteroatoms. The smallest absolute Gasteiger partial charge is 0.143 e. The van der Waals surface area contributed by atoms with Crippen molar-refractivity contribution in [2.75, 3.05) is 0 Å². The Morgan fingerprint density at radius 2 is 1.84 bits per heavy atom. The van der Waals surface area contributed by atoms with Crippen LogP contribution in [0.4, 0.5) is 0 Å². The average Bonchev–Trinajstić information content (AvgIpc) is 2.87. The number of benzene rings is 2. The molecule has 0 N–H and O–H groups in total. The molecular weight excluding hydrogens is 234 g/mol. The topological polar surface area (TPSA) is 26.0 Å². The zero-order valence-electron chi connectivity index (χ0n) is 10.1. The average molecular weight is 244 g/mol. The van der Waals surface area contributed by atoms with Gasteiger partial charge in [-0.15, -0.1) is 0 Å². The lowest BCUT2D eigenvalue weighted by molar-refractivity contribution is 0.670. The van der Waals surface area contributed by atoms with Gasteiger partial charge in [-0.25, -0.2) is 0 Å². The molecule has 19 heavy (non-hydrogen) atoms. The summed E-state index contributed by atoms with van der Waals surface area (Å²) >= 11 is 0. The molecule has 0 bridgehead atoms. The summed E-state index contributed by atoms with van der Waals surface area (Å²) in [6, 6.07) is 19.1. The van der Waals surface area contributed by atoms with Gasteiger partial charge in [0.25, 0.3) is 0 Å². The van der Waals surface area contributed by atoms with Crippen molar-refractivity contribution in [3.8, 4) is 11.1 Å². The SMILES string of the molecule is [c]1ccc2c(c1)oc1c(-c3ccncc3)cccc12. The highest BCUT2D eigenvalue weighted by Gasteiger charge is 2.10. The molecule has 2 aromatic carbocycles. The monoisotopic (exact) mass is 244 g/mol. The molecule has 4 rings (SSSR count). The Balaban J connectivity index is 2.13. The van der Waals surface area contributed by atoms with E-state index in [1.54, 1.807) is 12.4 Å². The molecule has 0 spiro atoms. The third kappa shape index (κ3) is 1.54. The molecule has 0 fully saturated rings. The molecule has 4 aromatic rings. The van der Waals surface area contributed by atoms with Crippen molar-refractivity contribution in [1.82, 2.24) is 4.98 Å². The molecule has 2 aromatic heterocycles. The van der Waals surface area contributed by atoms with Gasteiger partial charge in [0.05, 0.1) is 0 Å². The summed E-state index contributed by atoms with van der Waals surface area (Å²) in [5.41, 5.74) is 4.00. The second kappa shape index (κ2) is 3.95. The second-order valence-electron chi connectivity index (χ2n) is 4.44. The fourth-order valence-corrected chi connectivity index (χ4v) is 2.45. The Morgan fingerprint density at radius 3 is 2.74 bits per heavy atom. The zero-order chi connectivity index (χ0) is 12.7. The molecule has 0 aliphatic rings. The molecule has 2 heterocycles. The predicted octanol–water partition coefficient (Wildman–Crippen LogP) is 4.45. The van der Waals surface area contributed by atoms with Crippen LogP contribution >= 0.6 is 0 Å². The summed E-state index contributed by atoms with van der Waals surface area (Å²) in [5, 5.41) is 2.27. The maximum absolute atomic E-state index is 5.99. The number of rotatable bonds is 1. The largest absolute Gasteiger partial charge is 0.455 e. The van der Waals surface area contributed by atoms with E-state index in [4.69, 9.17) is 4.42 Å². The van der Waals surface area contributed by atoms with Crippen molar-refractivity contribution in [1.29, 1.82) is 0 Å². The van der Waals surface area contributed by atoms with Gasteiger partial charge >= 0.3 is 0 Å². The molecule has 2 nitrogen and oxygen atoms in total. The maximum Gasteiger partial charge on any atom is 0.143 e. The van der Waals surface area contributed by atoms with Crippen LogP contribution in [0.15, 0.2) is 65.3 Å². The van der Waals surface area contributed by atoms with E-state index in [0.717, 1.165) is 33.1 Å². The van der Waals surface area contributed by atoms with Crippen LogP contribution in [-0.4, -0.2) is 4.98 Å². The number of hydrogen-bond acceptors (Lipinski definition) is 2. The lowest BCUT2D eigenvalue weighted by Gasteiger charge is -2.01. The first kappa shape index (κ1) is 10.3. The molecule has 1 radical (unpaired) electrons. The highest BCUT2D eigenvalue weighted by molar-refractivity contribution is 6.09. The van der Waals surface area contributed by atoms with Crippen molar-refractivity contribution in [3.05, 3.63) is 67.0 Å². The standard InChI is InChI=1S/C17H10NO/c1-2-7-16-14(4-1)15-6-3-5-13(17(15)19-16)12-8-10-18-11-9-12/h1,3-11H. The molecule has 0 aliphatic heterocycles. The Labute approximate surface area is 110 Å². The van der Waals surface area contributed by atoms with Crippen LogP contribution in [0, 0.1) is 6.07 Å². The molecule has 0 atom stereocenters. The number of pyridine rings is 1. The quantitative estimate of drug-likeness (QED) is 0.494. The van der Waals surface area contributed by atoms with Crippen molar-refractivity contribution in [3.63, 3.8) is 0 Å². The Hall–Kier alpha value is -2.61. The number of hydrogen-bond donors (Lipinski definition) is 0. The molecule has 0 aliphatic carbocycles. The van der Waals surface area contributed by atoms with Gasteiger partial charge in [-0.2, -0.15) is 0 Å². The summed E-state index contributed by atoms with van der Waals surface area (Å²) in [4.78, 5) is 4.06. The van der Waals surface area contributed by atoms with Crippen molar-refractivity contribution in [2.45, 2.75) is 0 Å². The van der Waals surface area contributed by atoms with E-state index in [0.29, 0.717) is 0 Å². The number of aromatic nitrogens is 1. The van der Waals surface area contributed by atoms with Gasteiger partial charge in [-0.1, -0.05) is 24.3 Å². The van der Waals surface area contributed by atoms with Gasteiger partial charge < -0.3 is 4.42 Å². The molecule has 0 unspecified atom stereocenters. The Kier molecular flexibility index (Phi) is 2.15. The van der Waals surface area contributed by atoms with Crippen molar-refractivity contribution in [2.24, 2.45) is 0 Å². The minimum absolute atomic E-state index is 0.874. The van der Waals surface area contributed by atoms with Crippen LogP contribution in [0.3, 0.4) is 0 Å². The zero-order valence-corrected chi connectivity index (χ0v) is 10.1. The van der Waals surface area contributed by atoms with Gasteiger partial charge in [-0.3, -0.25) is 4.98 Å². The normalized spacial score (nSPS) is 11.2. The number of para-hydroxylation sites is 1. The van der Waals surface area contributed by atoms with Crippen molar-refractivity contribution >= 4 is 21.9 Å². The van der Waals surface area contributed by atoms with Crippen LogP contribution in [0.2, 0.25) is 0 Å². The van der Waals surface area contributed by atoms with Crippen LogP contribution in [0.5, 0.6) is 0 Å². The summed E-state index contributed by atoms with van der Waals surface area (Å²) in [7, 11) is 0. The van der Waals surface area contributed by atoms with E-state index in [1.807, 2.05) is 30.3 Å². The molecule has 0 amide bonds. The van der Waals surface area contributed by atoms with E-state index in [2.05, 4.69) is 29.2 Å². The van der Waals surface area contributed by atoms with E-state index in [9.17, 15) is 0 Å². The van der Waals surface area contributed by atoms with Crippen LogP contribution in [0.25, 0.3) is 33.1 Å². The lowest BCUT2D eigenvalue weighted by Crippen LogP contribution is -1.78. The van der Waals surface area contributed by atoms with E-state index in [1.165, 1.54) is 0 Å². The highest BCUT2D eigenvalue weighted by Crippen LogP contribution is 2.35. The number of nitrogens with zero attached hydrogens (tertiary/aromatic N) is 1. The van der Waals surface area contributed by atoms with Gasteiger partial charge in [0.1, 0.15) is 11.2 Å². The Bertz CT molecular complexity index is 862. The van der Waals surface area contributed by atoms with Crippen LogP contribution < -0.4 is 0 Å². The molecule has 0 saturated heterocycles. The number of furan rings is 1. The van der Waals surface area contributed by atoms with Gasteiger partial charge in [0.2, 0.25) is 0 Å². The fraction of sp³-hybridized carbons (Fsp3) is 0. The molecular formula is C17H10NO. The predicted molar refractivity (Wildman–Crippen MR) is 75.8 cm³/mol. The minimum Gasteiger partial charge on any atom is -0.455 e. The summed E-state index contributed by atoms with van der Waals surface area (Å²) in [6.07, 6.45) is 3.59. The lowest BCUT2D eigenvalue weighted by atomic mass is 10.0. The van der Waals surface area contributed by atoms with E-state index >= 15 is 0 Å². The third-order valence-electron chi connectivity index (χ3n) is 3.33. The fourth-order valence-electron chi connectivity index (χ4n) is 2.45. The van der Waals surface area contributed by atoms with E-state index < -0.39 is 0 Å². The first-order valence-electron chi connectivity index (χ1n) is 6.15. The summed E-state index contributed by atoms with van der Waals surface area (Å²) in [6.45, 7) is 0. The summed E-state index contributed by atoms with van der Waals surface area (Å²) < 4.78 is 5.99. The maximum atomic E-state index is 5.99. The minimum atomic E-state index is 0.874. The second-order valence-corrected chi connectivity index (χ2v) is 4.44. The Morgan fingerprint density at radius 1 is 0.947 bits per heavy atom. The molecule has 89 valence electrons. The highest BCUT2D eigenvalue weighted by atomic mass is 16.3.